The Kier molecular flexibility index (Phi) is 5.02. The molecular formula is C18H22N4O3. The van der Waals surface area contributed by atoms with E-state index in [1.165, 1.54) is 4.68 Å². The number of phenolic OH excluding ortho intramolecular Hbond substituents is 1. The lowest BCUT2D eigenvalue weighted by molar-refractivity contribution is -0.120. The van der Waals surface area contributed by atoms with Gasteiger partial charge in [0, 0.05) is 38.3 Å². The molecule has 3 rings (SSSR count). The molecule has 1 aromatic heterocycles. The largest absolute Gasteiger partial charge is 0.508 e. The van der Waals surface area contributed by atoms with Crippen LogP contribution in [0, 0.1) is 5.92 Å². The maximum absolute atomic E-state index is 12.1. The molecule has 2 heterocycles. The van der Waals surface area contributed by atoms with Gasteiger partial charge in [0.2, 0.25) is 5.91 Å². The number of anilines is 1. The molecule has 1 aromatic carbocycles. The summed E-state index contributed by atoms with van der Waals surface area (Å²) in [4.78, 5) is 25.9. The number of nitrogens with one attached hydrogen (secondary N) is 1. The fourth-order valence-electron chi connectivity index (χ4n) is 3.02. The Balaban J connectivity index is 1.50. The standard InChI is InChI=1S/C18H22N4O3/c1-21-18(25)9-15(11-20-21)22-7-6-13(12-22)10-19-17(24)8-14-4-2-3-5-16(14)23/h2-5,9,11,13,23H,6-8,10,12H2,1H3,(H,19,24)/t13-/m0/s1. The molecule has 0 aliphatic carbocycles. The summed E-state index contributed by atoms with van der Waals surface area (Å²) in [6.45, 7) is 2.21. The van der Waals surface area contributed by atoms with Gasteiger partial charge in [-0.2, -0.15) is 5.10 Å². The van der Waals surface area contributed by atoms with Crippen molar-refractivity contribution in [3.63, 3.8) is 0 Å². The molecule has 25 heavy (non-hydrogen) atoms. The number of nitrogens with zero attached hydrogens (tertiary/aromatic N) is 3. The third kappa shape index (κ3) is 4.17. The minimum Gasteiger partial charge on any atom is -0.508 e. The lowest BCUT2D eigenvalue weighted by atomic mass is 10.1. The molecule has 0 radical (unpaired) electrons. The molecule has 1 atom stereocenters. The van der Waals surface area contributed by atoms with Crippen LogP contribution in [-0.4, -0.2) is 40.4 Å². The van der Waals surface area contributed by atoms with E-state index in [-0.39, 0.29) is 23.6 Å². The number of hydrogen-bond acceptors (Lipinski definition) is 5. The van der Waals surface area contributed by atoms with Crippen molar-refractivity contribution in [2.75, 3.05) is 24.5 Å². The number of phenols is 1. The van der Waals surface area contributed by atoms with E-state index < -0.39 is 0 Å². The lowest BCUT2D eigenvalue weighted by Gasteiger charge is -2.18. The second-order valence-electron chi connectivity index (χ2n) is 6.39. The third-order valence-electron chi connectivity index (χ3n) is 4.54. The Labute approximate surface area is 145 Å². The zero-order chi connectivity index (χ0) is 17.8. The Hall–Kier alpha value is -2.83. The van der Waals surface area contributed by atoms with Crippen LogP contribution in [0.4, 0.5) is 5.69 Å². The molecule has 2 N–H and O–H groups in total. The Morgan fingerprint density at radius 2 is 2.20 bits per heavy atom. The van der Waals surface area contributed by atoms with E-state index in [0.29, 0.717) is 18.0 Å². The van der Waals surface area contributed by atoms with Gasteiger partial charge < -0.3 is 15.3 Å². The summed E-state index contributed by atoms with van der Waals surface area (Å²) in [6.07, 6.45) is 2.81. The van der Waals surface area contributed by atoms with Crippen molar-refractivity contribution in [1.29, 1.82) is 0 Å². The SMILES string of the molecule is Cn1ncc(N2CC[C@@H](CNC(=O)Cc3ccccc3O)C2)cc1=O. The number of carbonyl (C=O) groups excluding carboxylic acids is 1. The van der Waals surface area contributed by atoms with Crippen LogP contribution in [0.3, 0.4) is 0 Å². The fraction of sp³-hybridized carbons (Fsp3) is 0.389. The molecule has 0 saturated carbocycles. The Morgan fingerprint density at radius 3 is 2.96 bits per heavy atom. The molecule has 1 fully saturated rings. The number of amides is 1. The highest BCUT2D eigenvalue weighted by molar-refractivity contribution is 5.79. The number of carbonyl (C=O) groups is 1. The van der Waals surface area contributed by atoms with Crippen LogP contribution in [0.15, 0.2) is 41.3 Å². The fourth-order valence-corrected chi connectivity index (χ4v) is 3.02. The van der Waals surface area contributed by atoms with Gasteiger partial charge in [0.25, 0.3) is 5.56 Å². The first-order valence-electron chi connectivity index (χ1n) is 8.35. The summed E-state index contributed by atoms with van der Waals surface area (Å²) in [5.41, 5.74) is 1.32. The van der Waals surface area contributed by atoms with Crippen molar-refractivity contribution >= 4 is 11.6 Å². The van der Waals surface area contributed by atoms with Gasteiger partial charge in [-0.1, -0.05) is 18.2 Å². The van der Waals surface area contributed by atoms with Gasteiger partial charge >= 0.3 is 0 Å². The van der Waals surface area contributed by atoms with Crippen molar-refractivity contribution in [1.82, 2.24) is 15.1 Å². The summed E-state index contributed by atoms with van der Waals surface area (Å²) < 4.78 is 1.30. The molecule has 1 aliphatic rings. The highest BCUT2D eigenvalue weighted by Crippen LogP contribution is 2.21. The Bertz CT molecular complexity index is 818. The molecule has 132 valence electrons. The van der Waals surface area contributed by atoms with Gasteiger partial charge in [0.05, 0.1) is 18.3 Å². The number of aryl methyl sites for hydroxylation is 1. The van der Waals surface area contributed by atoms with Crippen LogP contribution in [0.2, 0.25) is 0 Å². The summed E-state index contributed by atoms with van der Waals surface area (Å²) in [5, 5.41) is 16.7. The van der Waals surface area contributed by atoms with Crippen LogP contribution in [0.1, 0.15) is 12.0 Å². The zero-order valence-corrected chi connectivity index (χ0v) is 14.2. The molecule has 0 bridgehead atoms. The highest BCUT2D eigenvalue weighted by Gasteiger charge is 2.23. The van der Waals surface area contributed by atoms with Gasteiger partial charge in [0.1, 0.15) is 5.75 Å². The van der Waals surface area contributed by atoms with Gasteiger partial charge in [-0.15, -0.1) is 0 Å². The minimum atomic E-state index is -0.128. The topological polar surface area (TPSA) is 87.5 Å². The maximum Gasteiger partial charge on any atom is 0.268 e. The van der Waals surface area contributed by atoms with Crippen molar-refractivity contribution < 1.29 is 9.90 Å². The first-order valence-corrected chi connectivity index (χ1v) is 8.35. The summed E-state index contributed by atoms with van der Waals surface area (Å²) >= 11 is 0. The molecule has 1 saturated heterocycles. The van der Waals surface area contributed by atoms with Crippen molar-refractivity contribution in [3.05, 3.63) is 52.4 Å². The normalized spacial score (nSPS) is 16.8. The van der Waals surface area contributed by atoms with E-state index >= 15 is 0 Å². The zero-order valence-electron chi connectivity index (χ0n) is 14.2. The molecule has 1 aliphatic heterocycles. The Morgan fingerprint density at radius 1 is 1.40 bits per heavy atom. The van der Waals surface area contributed by atoms with E-state index in [4.69, 9.17) is 0 Å². The second-order valence-corrected chi connectivity index (χ2v) is 6.39. The molecule has 7 heteroatoms. The molecule has 1 amide bonds. The van der Waals surface area contributed by atoms with Crippen LogP contribution in [0.5, 0.6) is 5.75 Å². The summed E-state index contributed by atoms with van der Waals surface area (Å²) in [7, 11) is 1.62. The summed E-state index contributed by atoms with van der Waals surface area (Å²) in [6, 6.07) is 8.45. The first-order chi connectivity index (χ1) is 12.0. The van der Waals surface area contributed by atoms with Gasteiger partial charge in [-0.25, -0.2) is 4.68 Å². The second kappa shape index (κ2) is 7.38. The van der Waals surface area contributed by atoms with E-state index in [1.54, 1.807) is 43.6 Å². The molecule has 7 nitrogen and oxygen atoms in total. The van der Waals surface area contributed by atoms with E-state index in [0.717, 1.165) is 25.2 Å². The van der Waals surface area contributed by atoms with Gasteiger partial charge in [0.15, 0.2) is 0 Å². The monoisotopic (exact) mass is 342 g/mol. The summed E-state index contributed by atoms with van der Waals surface area (Å²) in [5.74, 6) is 0.371. The molecule has 2 aromatic rings. The average molecular weight is 342 g/mol. The van der Waals surface area contributed by atoms with Crippen LogP contribution in [0.25, 0.3) is 0 Å². The van der Waals surface area contributed by atoms with Crippen molar-refractivity contribution in [2.45, 2.75) is 12.8 Å². The minimum absolute atomic E-state index is 0.102. The quantitative estimate of drug-likeness (QED) is 0.834. The number of rotatable bonds is 5. The maximum atomic E-state index is 12.1. The predicted molar refractivity (Wildman–Crippen MR) is 94.6 cm³/mol. The van der Waals surface area contributed by atoms with Gasteiger partial charge in [-0.05, 0) is 18.4 Å². The van der Waals surface area contributed by atoms with E-state index in [1.807, 2.05) is 0 Å². The molecule has 0 unspecified atom stereocenters. The smallest absolute Gasteiger partial charge is 0.268 e. The van der Waals surface area contributed by atoms with Gasteiger partial charge in [-0.3, -0.25) is 9.59 Å². The van der Waals surface area contributed by atoms with Crippen molar-refractivity contribution in [3.8, 4) is 5.75 Å². The van der Waals surface area contributed by atoms with Crippen LogP contribution < -0.4 is 15.8 Å². The lowest BCUT2D eigenvalue weighted by Crippen LogP contribution is -2.32. The number of para-hydroxylation sites is 1. The van der Waals surface area contributed by atoms with Crippen LogP contribution >= 0.6 is 0 Å². The van der Waals surface area contributed by atoms with E-state index in [9.17, 15) is 14.7 Å². The number of benzene rings is 1. The molecular weight excluding hydrogens is 320 g/mol. The first kappa shape index (κ1) is 17.0. The number of aromatic nitrogens is 2. The number of hydrogen-bond donors (Lipinski definition) is 2. The number of aromatic hydroxyl groups is 1. The van der Waals surface area contributed by atoms with Crippen LogP contribution in [-0.2, 0) is 18.3 Å². The molecule has 0 spiro atoms. The highest BCUT2D eigenvalue weighted by atomic mass is 16.3. The van der Waals surface area contributed by atoms with Crippen molar-refractivity contribution in [2.24, 2.45) is 13.0 Å². The third-order valence-corrected chi connectivity index (χ3v) is 4.54. The van der Waals surface area contributed by atoms with E-state index in [2.05, 4.69) is 15.3 Å². The predicted octanol–water partition coefficient (Wildman–Crippen LogP) is 0.671. The average Bonchev–Trinajstić information content (AvgIpc) is 3.07.